The van der Waals surface area contributed by atoms with Crippen LogP contribution in [0.5, 0.6) is 11.5 Å². The quantitative estimate of drug-likeness (QED) is 0.740. The van der Waals surface area contributed by atoms with Gasteiger partial charge in [-0.25, -0.2) is 8.42 Å². The second-order valence-electron chi connectivity index (χ2n) is 4.93. The monoisotopic (exact) mass is 339 g/mol. The number of hydrogen-bond donors (Lipinski definition) is 0. The van der Waals surface area contributed by atoms with Gasteiger partial charge in [0, 0.05) is 12.6 Å². The zero-order valence-electron chi connectivity index (χ0n) is 13.5. The maximum absolute atomic E-state index is 12.9. The number of nitrogens with zero attached hydrogens (tertiary/aromatic N) is 1. The van der Waals surface area contributed by atoms with Crippen molar-refractivity contribution in [2.45, 2.75) is 24.8 Å². The topological polar surface area (TPSA) is 69.0 Å². The molecule has 0 radical (unpaired) electrons. The maximum Gasteiger partial charge on any atom is 0.243 e. The van der Waals surface area contributed by atoms with Gasteiger partial charge in [0.15, 0.2) is 11.5 Å². The summed E-state index contributed by atoms with van der Waals surface area (Å²) in [7, 11) is -0.680. The van der Waals surface area contributed by atoms with Crippen LogP contribution in [-0.2, 0) is 16.6 Å². The van der Waals surface area contributed by atoms with E-state index in [4.69, 9.17) is 13.9 Å². The van der Waals surface area contributed by atoms with Crippen LogP contribution in [0.25, 0.3) is 0 Å². The van der Waals surface area contributed by atoms with Gasteiger partial charge in [-0.3, -0.25) is 0 Å². The van der Waals surface area contributed by atoms with Crippen molar-refractivity contribution in [2.24, 2.45) is 0 Å². The lowest BCUT2D eigenvalue weighted by Gasteiger charge is -2.21. The first-order chi connectivity index (χ1) is 11.0. The van der Waals surface area contributed by atoms with Gasteiger partial charge in [0.2, 0.25) is 10.0 Å². The average molecular weight is 339 g/mol. The minimum absolute atomic E-state index is 0.162. The summed E-state index contributed by atoms with van der Waals surface area (Å²) >= 11 is 0. The van der Waals surface area contributed by atoms with E-state index in [0.29, 0.717) is 30.2 Å². The van der Waals surface area contributed by atoms with Gasteiger partial charge in [-0.05, 0) is 30.7 Å². The van der Waals surface area contributed by atoms with Crippen LogP contribution in [0.15, 0.2) is 45.9 Å². The molecule has 2 rings (SSSR count). The van der Waals surface area contributed by atoms with Crippen molar-refractivity contribution in [3.8, 4) is 11.5 Å². The molecular formula is C16H21NO5S. The lowest BCUT2D eigenvalue weighted by atomic mass is 10.3. The number of sulfonamides is 1. The minimum Gasteiger partial charge on any atom is -0.493 e. The Bertz CT molecular complexity index is 725. The van der Waals surface area contributed by atoms with Gasteiger partial charge in [-0.1, -0.05) is 6.92 Å². The van der Waals surface area contributed by atoms with Crippen molar-refractivity contribution < 1.29 is 22.3 Å². The van der Waals surface area contributed by atoms with Crippen LogP contribution >= 0.6 is 0 Å². The highest BCUT2D eigenvalue weighted by Gasteiger charge is 2.26. The first-order valence-electron chi connectivity index (χ1n) is 7.27. The molecule has 23 heavy (non-hydrogen) atoms. The summed E-state index contributed by atoms with van der Waals surface area (Å²) in [6.45, 7) is 2.52. The van der Waals surface area contributed by atoms with Crippen molar-refractivity contribution in [3.63, 3.8) is 0 Å². The maximum atomic E-state index is 12.9. The van der Waals surface area contributed by atoms with Gasteiger partial charge in [-0.2, -0.15) is 4.31 Å². The Labute approximate surface area is 136 Å². The normalized spacial score (nSPS) is 11.7. The number of rotatable bonds is 8. The number of hydrogen-bond acceptors (Lipinski definition) is 5. The zero-order chi connectivity index (χ0) is 16.9. The van der Waals surface area contributed by atoms with E-state index in [0.717, 1.165) is 0 Å². The van der Waals surface area contributed by atoms with Gasteiger partial charge < -0.3 is 13.9 Å². The zero-order valence-corrected chi connectivity index (χ0v) is 14.3. The fraction of sp³-hybridized carbons (Fsp3) is 0.375. The fourth-order valence-electron chi connectivity index (χ4n) is 2.24. The molecule has 0 saturated carbocycles. The van der Waals surface area contributed by atoms with Gasteiger partial charge in [0.25, 0.3) is 0 Å². The van der Waals surface area contributed by atoms with Gasteiger partial charge >= 0.3 is 0 Å². The highest BCUT2D eigenvalue weighted by atomic mass is 32.2. The molecule has 1 heterocycles. The van der Waals surface area contributed by atoms with E-state index >= 15 is 0 Å². The smallest absolute Gasteiger partial charge is 0.243 e. The molecule has 0 unspecified atom stereocenters. The summed E-state index contributed by atoms with van der Waals surface area (Å²) in [4.78, 5) is 0.162. The molecule has 0 aliphatic carbocycles. The second kappa shape index (κ2) is 7.52. The number of benzene rings is 1. The van der Waals surface area contributed by atoms with Crippen molar-refractivity contribution in [1.82, 2.24) is 4.31 Å². The first kappa shape index (κ1) is 17.4. The van der Waals surface area contributed by atoms with Crippen molar-refractivity contribution in [1.29, 1.82) is 0 Å². The Balaban J connectivity index is 2.36. The number of furan rings is 1. The molecule has 0 saturated heterocycles. The van der Waals surface area contributed by atoms with Gasteiger partial charge in [0.1, 0.15) is 5.76 Å². The molecule has 7 heteroatoms. The van der Waals surface area contributed by atoms with Crippen molar-refractivity contribution in [2.75, 3.05) is 20.8 Å². The van der Waals surface area contributed by atoms with Crippen LogP contribution in [0.4, 0.5) is 0 Å². The lowest BCUT2D eigenvalue weighted by molar-refractivity contribution is 0.351. The lowest BCUT2D eigenvalue weighted by Crippen LogP contribution is -2.31. The first-order valence-corrected chi connectivity index (χ1v) is 8.71. The molecular weight excluding hydrogens is 318 g/mol. The Morgan fingerprint density at radius 1 is 1.13 bits per heavy atom. The van der Waals surface area contributed by atoms with E-state index in [-0.39, 0.29) is 11.4 Å². The number of methoxy groups -OCH3 is 2. The molecule has 0 bridgehead atoms. The molecule has 0 fully saturated rings. The summed E-state index contributed by atoms with van der Waals surface area (Å²) in [5.74, 6) is 1.46. The van der Waals surface area contributed by atoms with E-state index in [1.54, 1.807) is 18.2 Å². The standard InChI is InChI=1S/C16H21NO5S/c1-4-9-17(12-13-6-5-10-22-13)23(18,19)14-7-8-15(20-2)16(11-14)21-3/h5-8,10-11H,4,9,12H2,1-3H3. The molecule has 0 N–H and O–H groups in total. The molecule has 0 spiro atoms. The Kier molecular flexibility index (Phi) is 5.68. The molecule has 6 nitrogen and oxygen atoms in total. The van der Waals surface area contributed by atoms with E-state index in [2.05, 4.69) is 0 Å². The highest BCUT2D eigenvalue weighted by molar-refractivity contribution is 7.89. The number of ether oxygens (including phenoxy) is 2. The molecule has 0 aliphatic rings. The molecule has 2 aromatic rings. The predicted octanol–water partition coefficient (Wildman–Crippen LogP) is 2.90. The third kappa shape index (κ3) is 3.86. The third-order valence-corrected chi connectivity index (χ3v) is 5.22. The van der Waals surface area contributed by atoms with Crippen LogP contribution < -0.4 is 9.47 Å². The Morgan fingerprint density at radius 3 is 2.43 bits per heavy atom. The Morgan fingerprint density at radius 2 is 1.87 bits per heavy atom. The van der Waals surface area contributed by atoms with Crippen LogP contribution in [0.3, 0.4) is 0 Å². The van der Waals surface area contributed by atoms with Crippen LogP contribution in [0.1, 0.15) is 19.1 Å². The SMILES string of the molecule is CCCN(Cc1ccco1)S(=O)(=O)c1ccc(OC)c(OC)c1. The summed E-state index contributed by atoms with van der Waals surface area (Å²) in [6, 6.07) is 8.07. The molecule has 126 valence electrons. The van der Waals surface area contributed by atoms with Crippen molar-refractivity contribution in [3.05, 3.63) is 42.4 Å². The van der Waals surface area contributed by atoms with Gasteiger partial charge in [-0.15, -0.1) is 0 Å². The van der Waals surface area contributed by atoms with Gasteiger partial charge in [0.05, 0.1) is 31.9 Å². The van der Waals surface area contributed by atoms with E-state index < -0.39 is 10.0 Å². The fourth-order valence-corrected chi connectivity index (χ4v) is 3.75. The summed E-state index contributed by atoms with van der Waals surface area (Å²) < 4.78 is 42.8. The van der Waals surface area contributed by atoms with Crippen molar-refractivity contribution >= 4 is 10.0 Å². The van der Waals surface area contributed by atoms with E-state index in [9.17, 15) is 8.42 Å². The third-order valence-electron chi connectivity index (χ3n) is 3.38. The second-order valence-corrected chi connectivity index (χ2v) is 6.87. The molecule has 0 amide bonds. The Hall–Kier alpha value is -1.99. The van der Waals surface area contributed by atoms with E-state index in [1.165, 1.54) is 36.9 Å². The molecule has 0 aliphatic heterocycles. The molecule has 1 aromatic heterocycles. The van der Waals surface area contributed by atoms with E-state index in [1.807, 2.05) is 6.92 Å². The summed E-state index contributed by atoms with van der Waals surface area (Å²) in [5.41, 5.74) is 0. The average Bonchev–Trinajstić information content (AvgIpc) is 3.06. The summed E-state index contributed by atoms with van der Waals surface area (Å²) in [5, 5.41) is 0. The van der Waals surface area contributed by atoms with Crippen LogP contribution in [0, 0.1) is 0 Å². The summed E-state index contributed by atoms with van der Waals surface area (Å²) in [6.07, 6.45) is 2.23. The predicted molar refractivity (Wildman–Crippen MR) is 86.1 cm³/mol. The van der Waals surface area contributed by atoms with Crippen LogP contribution in [-0.4, -0.2) is 33.5 Å². The van der Waals surface area contributed by atoms with Crippen LogP contribution in [0.2, 0.25) is 0 Å². The molecule has 0 atom stereocenters. The highest BCUT2D eigenvalue weighted by Crippen LogP contribution is 2.31. The minimum atomic E-state index is -3.66. The molecule has 1 aromatic carbocycles. The largest absolute Gasteiger partial charge is 0.493 e.